The van der Waals surface area contributed by atoms with E-state index in [0.29, 0.717) is 11.4 Å². The molecule has 1 aromatic carbocycles. The van der Waals surface area contributed by atoms with Gasteiger partial charge in [0, 0.05) is 25.7 Å². The Labute approximate surface area is 152 Å². The normalized spacial score (nSPS) is 19.2. The molecule has 0 saturated carbocycles. The summed E-state index contributed by atoms with van der Waals surface area (Å²) < 4.78 is 10.7. The molecule has 0 bridgehead atoms. The van der Waals surface area contributed by atoms with Gasteiger partial charge in [-0.05, 0) is 49.3 Å². The molecule has 0 saturated heterocycles. The molecule has 0 fully saturated rings. The minimum atomic E-state index is -1.09. The monoisotopic (exact) mass is 355 g/mol. The van der Waals surface area contributed by atoms with Gasteiger partial charge in [0.2, 0.25) is 5.91 Å². The molecule has 7 nitrogen and oxygen atoms in total. The number of allylic oxidation sites excluding steroid dienone is 2. The first kappa shape index (κ1) is 19.1. The minimum Gasteiger partial charge on any atom is -0.444 e. The van der Waals surface area contributed by atoms with Crippen molar-refractivity contribution in [2.24, 2.45) is 5.84 Å². The van der Waals surface area contributed by atoms with Gasteiger partial charge in [-0.15, -0.1) is 0 Å². The maximum absolute atomic E-state index is 11.3. The van der Waals surface area contributed by atoms with Crippen molar-refractivity contribution in [3.63, 3.8) is 0 Å². The molecule has 2 unspecified atom stereocenters. The van der Waals surface area contributed by atoms with Crippen LogP contribution in [0.3, 0.4) is 0 Å². The highest BCUT2D eigenvalue weighted by molar-refractivity contribution is 5.88. The zero-order chi connectivity index (χ0) is 19.2. The van der Waals surface area contributed by atoms with E-state index in [9.17, 15) is 9.59 Å². The molecule has 2 atom stereocenters. The number of carbonyl (C=O) groups is 2. The first-order chi connectivity index (χ1) is 12.3. The quantitative estimate of drug-likeness (QED) is 0.371. The fraction of sp³-hybridized carbons (Fsp3) is 0.263. The van der Waals surface area contributed by atoms with Gasteiger partial charge in [-0.25, -0.2) is 5.84 Å². The van der Waals surface area contributed by atoms with Gasteiger partial charge in [0.1, 0.15) is 11.3 Å². The van der Waals surface area contributed by atoms with Gasteiger partial charge in [-0.2, -0.15) is 0 Å². The Morgan fingerprint density at radius 1 is 1.23 bits per heavy atom. The first-order valence-electron chi connectivity index (χ1n) is 7.93. The van der Waals surface area contributed by atoms with Crippen LogP contribution in [0.2, 0.25) is 0 Å². The van der Waals surface area contributed by atoms with Crippen LogP contribution >= 0.6 is 0 Å². The number of rotatable bonds is 4. The highest BCUT2D eigenvalue weighted by atomic mass is 16.7. The lowest BCUT2D eigenvalue weighted by Gasteiger charge is -2.31. The smallest absolute Gasteiger partial charge is 0.308 e. The molecule has 0 aromatic heterocycles. The number of nitrogens with two attached hydrogens (primary N) is 1. The topological polar surface area (TPSA) is 93.9 Å². The molecule has 2 rings (SSSR count). The lowest BCUT2D eigenvalue weighted by Crippen LogP contribution is -2.46. The van der Waals surface area contributed by atoms with Crippen molar-refractivity contribution < 1.29 is 19.1 Å². The van der Waals surface area contributed by atoms with Crippen LogP contribution in [0.1, 0.15) is 20.8 Å². The number of esters is 1. The summed E-state index contributed by atoms with van der Waals surface area (Å²) in [5.74, 6) is 11.4. The van der Waals surface area contributed by atoms with E-state index in [1.165, 1.54) is 18.9 Å². The minimum absolute atomic E-state index is 0.170. The van der Waals surface area contributed by atoms with E-state index >= 15 is 0 Å². The summed E-state index contributed by atoms with van der Waals surface area (Å²) >= 11 is 0. The summed E-state index contributed by atoms with van der Waals surface area (Å²) in [7, 11) is 0. The van der Waals surface area contributed by atoms with Crippen LogP contribution in [-0.4, -0.2) is 28.7 Å². The fourth-order valence-electron chi connectivity index (χ4n) is 2.11. The molecule has 26 heavy (non-hydrogen) atoms. The second kappa shape index (κ2) is 8.23. The zero-order valence-electron chi connectivity index (χ0n) is 14.9. The van der Waals surface area contributed by atoms with Crippen molar-refractivity contribution in [1.82, 2.24) is 5.01 Å². The van der Waals surface area contributed by atoms with E-state index in [4.69, 9.17) is 15.3 Å². The Morgan fingerprint density at radius 2 is 1.92 bits per heavy atom. The summed E-state index contributed by atoms with van der Waals surface area (Å²) in [6, 6.07) is 6.63. The predicted octanol–water partition coefficient (Wildman–Crippen LogP) is 1.93. The van der Waals surface area contributed by atoms with Crippen LogP contribution in [0.15, 0.2) is 48.7 Å². The Balaban J connectivity index is 2.14. The average molecular weight is 355 g/mol. The predicted molar refractivity (Wildman–Crippen MR) is 97.4 cm³/mol. The van der Waals surface area contributed by atoms with E-state index in [1.54, 1.807) is 36.5 Å². The highest BCUT2D eigenvalue weighted by Gasteiger charge is 2.24. The van der Waals surface area contributed by atoms with Crippen molar-refractivity contribution in [2.75, 3.05) is 5.32 Å². The van der Waals surface area contributed by atoms with Crippen molar-refractivity contribution in [3.05, 3.63) is 48.7 Å². The molecule has 1 aliphatic rings. The number of hydrazine groups is 1. The van der Waals surface area contributed by atoms with Gasteiger partial charge in [-0.1, -0.05) is 12.0 Å². The summed E-state index contributed by atoms with van der Waals surface area (Å²) in [6.45, 7) is 4.53. The number of nitrogens with one attached hydrogen (secondary N) is 1. The summed E-state index contributed by atoms with van der Waals surface area (Å²) in [6.07, 6.45) is 6.05. The number of hydrogen-bond donors (Lipinski definition) is 2. The third-order valence-corrected chi connectivity index (χ3v) is 3.45. The van der Waals surface area contributed by atoms with Gasteiger partial charge < -0.3 is 14.8 Å². The number of anilines is 1. The van der Waals surface area contributed by atoms with Crippen LogP contribution in [-0.2, 0) is 14.3 Å². The number of benzene rings is 1. The average Bonchev–Trinajstić information content (AvgIpc) is 2.56. The molecule has 3 N–H and O–H groups in total. The summed E-state index contributed by atoms with van der Waals surface area (Å²) in [4.78, 5) is 22.4. The summed E-state index contributed by atoms with van der Waals surface area (Å²) in [5.41, 5.74) is -0.114. The number of amides is 1. The Morgan fingerprint density at radius 3 is 2.50 bits per heavy atom. The van der Waals surface area contributed by atoms with Gasteiger partial charge in [-0.3, -0.25) is 14.6 Å². The Hall–Kier alpha value is -3.24. The van der Waals surface area contributed by atoms with Crippen molar-refractivity contribution in [1.29, 1.82) is 0 Å². The van der Waals surface area contributed by atoms with Gasteiger partial charge in [0.15, 0.2) is 0 Å². The molecule has 1 amide bonds. The van der Waals surface area contributed by atoms with E-state index < -0.39 is 17.8 Å². The van der Waals surface area contributed by atoms with Crippen LogP contribution in [0.25, 0.3) is 0 Å². The second-order valence-electron chi connectivity index (χ2n) is 5.79. The van der Waals surface area contributed by atoms with E-state index in [0.717, 1.165) is 0 Å². The second-order valence-corrected chi connectivity index (χ2v) is 5.79. The number of hydrogen-bond acceptors (Lipinski definition) is 6. The van der Waals surface area contributed by atoms with Gasteiger partial charge in [0.05, 0.1) is 0 Å². The molecule has 0 aliphatic carbocycles. The Bertz CT molecular complexity index is 789. The maximum atomic E-state index is 11.3. The van der Waals surface area contributed by atoms with Gasteiger partial charge >= 0.3 is 12.3 Å². The maximum Gasteiger partial charge on any atom is 0.308 e. The molecule has 0 radical (unpaired) electrons. The van der Waals surface area contributed by atoms with Crippen LogP contribution in [0.4, 0.5) is 5.69 Å². The summed E-state index contributed by atoms with van der Waals surface area (Å²) in [5, 5.41) is 4.11. The van der Waals surface area contributed by atoms with Crippen molar-refractivity contribution in [2.45, 2.75) is 32.6 Å². The van der Waals surface area contributed by atoms with Gasteiger partial charge in [0.25, 0.3) is 0 Å². The largest absolute Gasteiger partial charge is 0.444 e. The third kappa shape index (κ3) is 5.40. The standard InChI is InChI=1S/C19H21N3O4/c1-14(23)21-16-6-8-17(9-7-16)26-18(25-15(2)24)10-12-19(3)11-4-5-13-22(19)20/h4-9,11,13,18H,20H2,1-3H3,(H,21,23). The molecular weight excluding hydrogens is 334 g/mol. The third-order valence-electron chi connectivity index (χ3n) is 3.45. The molecule has 1 aromatic rings. The number of carbonyl (C=O) groups excluding carboxylic acids is 2. The van der Waals surface area contributed by atoms with Crippen LogP contribution in [0.5, 0.6) is 5.75 Å². The first-order valence-corrected chi connectivity index (χ1v) is 7.93. The van der Waals surface area contributed by atoms with E-state index in [1.807, 2.05) is 19.1 Å². The zero-order valence-corrected chi connectivity index (χ0v) is 14.9. The highest BCUT2D eigenvalue weighted by Crippen LogP contribution is 2.19. The van der Waals surface area contributed by atoms with Crippen LogP contribution < -0.4 is 15.9 Å². The fourth-order valence-corrected chi connectivity index (χ4v) is 2.11. The van der Waals surface area contributed by atoms with E-state index in [2.05, 4.69) is 17.2 Å². The number of ether oxygens (including phenoxy) is 2. The molecule has 1 aliphatic heterocycles. The molecular formula is C19H21N3O4. The van der Waals surface area contributed by atoms with Crippen LogP contribution in [0, 0.1) is 11.8 Å². The molecule has 136 valence electrons. The molecule has 1 heterocycles. The lowest BCUT2D eigenvalue weighted by atomic mass is 10.00. The lowest BCUT2D eigenvalue weighted by molar-refractivity contribution is -0.154. The SMILES string of the molecule is CC(=O)Nc1ccc(OC(C#CC2(C)C=CC=CN2N)OC(C)=O)cc1. The van der Waals surface area contributed by atoms with Crippen molar-refractivity contribution >= 4 is 17.6 Å². The Kier molecular flexibility index (Phi) is 6.04. The molecule has 0 spiro atoms. The molecule has 7 heteroatoms. The number of nitrogens with zero attached hydrogens (tertiary/aromatic N) is 1. The van der Waals surface area contributed by atoms with Crippen molar-refractivity contribution in [3.8, 4) is 17.6 Å². The van der Waals surface area contributed by atoms with E-state index in [-0.39, 0.29) is 5.91 Å².